The molecule has 1 unspecified atom stereocenters. The lowest BCUT2D eigenvalue weighted by Gasteiger charge is -2.35. The fourth-order valence-electron chi connectivity index (χ4n) is 6.56. The van der Waals surface area contributed by atoms with Gasteiger partial charge in [0.15, 0.2) is 0 Å². The molecule has 9 heteroatoms. The van der Waals surface area contributed by atoms with E-state index in [1.807, 2.05) is 36.4 Å². The minimum atomic E-state index is -0.809. The van der Waals surface area contributed by atoms with E-state index in [0.717, 1.165) is 24.5 Å². The molecule has 38 heavy (non-hydrogen) atoms. The summed E-state index contributed by atoms with van der Waals surface area (Å²) < 4.78 is -0.809. The molecule has 0 bridgehead atoms. The summed E-state index contributed by atoms with van der Waals surface area (Å²) in [5.74, 6) is -1.37. The van der Waals surface area contributed by atoms with Crippen molar-refractivity contribution in [3.63, 3.8) is 0 Å². The third-order valence-corrected chi connectivity index (χ3v) is 10.2. The summed E-state index contributed by atoms with van der Waals surface area (Å²) in [7, 11) is 1.78. The van der Waals surface area contributed by atoms with Crippen molar-refractivity contribution in [2.24, 2.45) is 11.8 Å². The highest BCUT2D eigenvalue weighted by Gasteiger charge is 2.70. The van der Waals surface area contributed by atoms with Gasteiger partial charge in [-0.05, 0) is 51.0 Å². The Kier molecular flexibility index (Phi) is 7.60. The third-order valence-electron chi connectivity index (χ3n) is 8.46. The standard InChI is InChI=1S/C29H38N4O4S/c1-4-31(5-2)20-11-13-21(14-12-20)32-18-9-15-29-24(23-22(38-29)10-8-16-30(3)26(23)35)27(36)33(17-6-7-19-34)25(29)28(32)37/h8-15,22-25,34H,4-7,16-19H2,1-3H3/t22-,23+,24-,25?,29-/m0/s1. The number of hydrogen-bond donors (Lipinski definition) is 1. The molecule has 4 aliphatic rings. The molecule has 8 nitrogen and oxygen atoms in total. The molecule has 3 amide bonds. The van der Waals surface area contributed by atoms with Crippen LogP contribution in [0.25, 0.3) is 0 Å². The predicted octanol–water partition coefficient (Wildman–Crippen LogP) is 2.53. The molecule has 5 rings (SSSR count). The molecule has 204 valence electrons. The number of aliphatic hydroxyl groups is 1. The molecule has 1 aromatic rings. The van der Waals surface area contributed by atoms with Crippen LogP contribution in [0.15, 0.2) is 48.6 Å². The lowest BCUT2D eigenvalue weighted by molar-refractivity contribution is -0.142. The van der Waals surface area contributed by atoms with E-state index < -0.39 is 22.6 Å². The van der Waals surface area contributed by atoms with E-state index in [9.17, 15) is 19.5 Å². The zero-order valence-corrected chi connectivity index (χ0v) is 23.3. The van der Waals surface area contributed by atoms with E-state index in [1.165, 1.54) is 0 Å². The SMILES string of the molecule is CCN(CC)c1ccc(N2CC=C[C@]34S[C@H]5C=CCN(C)C(=O)[C@H]5[C@H]3C(=O)N(CCCCO)C4C2=O)cc1. The van der Waals surface area contributed by atoms with Crippen LogP contribution >= 0.6 is 11.8 Å². The zero-order chi connectivity index (χ0) is 27.0. The van der Waals surface area contributed by atoms with Crippen LogP contribution in [0.2, 0.25) is 0 Å². The number of likely N-dealkylation sites (tertiary alicyclic amines) is 1. The Morgan fingerprint density at radius 3 is 2.42 bits per heavy atom. The van der Waals surface area contributed by atoms with Crippen LogP contribution in [0.3, 0.4) is 0 Å². The van der Waals surface area contributed by atoms with Gasteiger partial charge in [0.25, 0.3) is 5.91 Å². The molecular weight excluding hydrogens is 500 g/mol. The average Bonchev–Trinajstić information content (AvgIpc) is 3.24. The fourth-order valence-corrected chi connectivity index (χ4v) is 8.57. The second-order valence-corrected chi connectivity index (χ2v) is 12.0. The Bertz CT molecular complexity index is 1130. The molecular formula is C29H38N4O4S. The van der Waals surface area contributed by atoms with Gasteiger partial charge in [0, 0.05) is 63.0 Å². The highest BCUT2D eigenvalue weighted by atomic mass is 32.2. The number of benzene rings is 1. The van der Waals surface area contributed by atoms with Gasteiger partial charge in [-0.25, -0.2) is 0 Å². The summed E-state index contributed by atoms with van der Waals surface area (Å²) >= 11 is 1.60. The number of amides is 3. The quantitative estimate of drug-likeness (QED) is 0.405. The summed E-state index contributed by atoms with van der Waals surface area (Å²) in [5.41, 5.74) is 1.91. The number of likely N-dealkylation sites (N-methyl/N-ethyl adjacent to an activating group) is 1. The maximum absolute atomic E-state index is 14.4. The van der Waals surface area contributed by atoms with Crippen molar-refractivity contribution in [2.45, 2.75) is 42.7 Å². The molecule has 1 N–H and O–H groups in total. The molecule has 0 saturated carbocycles. The molecule has 1 aromatic carbocycles. The monoisotopic (exact) mass is 538 g/mol. The highest BCUT2D eigenvalue weighted by molar-refractivity contribution is 8.02. The van der Waals surface area contributed by atoms with Gasteiger partial charge in [-0.1, -0.05) is 24.3 Å². The number of fused-ring (bicyclic) bond motifs is 2. The number of aliphatic hydroxyl groups excluding tert-OH is 1. The summed E-state index contributed by atoms with van der Waals surface area (Å²) in [5, 5.41) is 9.23. The van der Waals surface area contributed by atoms with Gasteiger partial charge in [0.1, 0.15) is 6.04 Å². The lowest BCUT2D eigenvalue weighted by atomic mass is 9.78. The second-order valence-electron chi connectivity index (χ2n) is 10.5. The van der Waals surface area contributed by atoms with Crippen molar-refractivity contribution in [3.8, 4) is 0 Å². The van der Waals surface area contributed by atoms with Crippen molar-refractivity contribution in [2.75, 3.05) is 56.2 Å². The first-order valence-electron chi connectivity index (χ1n) is 13.7. The van der Waals surface area contributed by atoms with Gasteiger partial charge in [-0.3, -0.25) is 14.4 Å². The van der Waals surface area contributed by atoms with Crippen LogP contribution in [0.4, 0.5) is 11.4 Å². The first kappa shape index (κ1) is 26.8. The molecule has 4 heterocycles. The van der Waals surface area contributed by atoms with Crippen molar-refractivity contribution in [3.05, 3.63) is 48.6 Å². The van der Waals surface area contributed by atoms with Crippen LogP contribution in [0.1, 0.15) is 26.7 Å². The lowest BCUT2D eigenvalue weighted by Crippen LogP contribution is -2.53. The predicted molar refractivity (Wildman–Crippen MR) is 151 cm³/mol. The number of thioether (sulfide) groups is 1. The highest BCUT2D eigenvalue weighted by Crippen LogP contribution is 2.61. The van der Waals surface area contributed by atoms with Crippen molar-refractivity contribution < 1.29 is 19.5 Å². The van der Waals surface area contributed by atoms with Crippen molar-refractivity contribution >= 4 is 40.9 Å². The Morgan fingerprint density at radius 1 is 1.00 bits per heavy atom. The van der Waals surface area contributed by atoms with E-state index in [1.54, 1.807) is 33.5 Å². The molecule has 0 radical (unpaired) electrons. The molecule has 2 saturated heterocycles. The smallest absolute Gasteiger partial charge is 0.251 e. The van der Waals surface area contributed by atoms with E-state index in [4.69, 9.17) is 0 Å². The molecule has 5 atom stereocenters. The molecule has 0 aliphatic carbocycles. The number of hydrogen-bond acceptors (Lipinski definition) is 6. The normalized spacial score (nSPS) is 30.3. The van der Waals surface area contributed by atoms with Crippen LogP contribution in [0, 0.1) is 11.8 Å². The summed E-state index contributed by atoms with van der Waals surface area (Å²) in [6, 6.07) is 7.35. The van der Waals surface area contributed by atoms with Gasteiger partial charge in [-0.15, -0.1) is 11.8 Å². The number of carbonyl (C=O) groups is 3. The Morgan fingerprint density at radius 2 is 1.74 bits per heavy atom. The van der Waals surface area contributed by atoms with E-state index in [0.29, 0.717) is 32.5 Å². The van der Waals surface area contributed by atoms with E-state index in [-0.39, 0.29) is 29.6 Å². The molecule has 0 aromatic heterocycles. The molecule has 1 spiro atoms. The van der Waals surface area contributed by atoms with Crippen molar-refractivity contribution in [1.82, 2.24) is 9.80 Å². The number of rotatable bonds is 8. The molecule has 2 fully saturated rings. The first-order valence-corrected chi connectivity index (χ1v) is 14.6. The third kappa shape index (κ3) is 4.24. The van der Waals surface area contributed by atoms with Crippen LogP contribution < -0.4 is 9.80 Å². The van der Waals surface area contributed by atoms with Gasteiger partial charge in [-0.2, -0.15) is 0 Å². The average molecular weight is 539 g/mol. The maximum atomic E-state index is 14.4. The summed E-state index contributed by atoms with van der Waals surface area (Å²) in [4.78, 5) is 49.4. The largest absolute Gasteiger partial charge is 0.396 e. The van der Waals surface area contributed by atoms with E-state index in [2.05, 4.69) is 30.9 Å². The molecule has 4 aliphatic heterocycles. The number of anilines is 2. The van der Waals surface area contributed by atoms with Gasteiger partial charge < -0.3 is 24.7 Å². The Hall–Kier alpha value is -2.78. The number of carbonyl (C=O) groups excluding carboxylic acids is 3. The topological polar surface area (TPSA) is 84.4 Å². The van der Waals surface area contributed by atoms with Crippen LogP contribution in [-0.2, 0) is 14.4 Å². The fraction of sp³-hybridized carbons (Fsp3) is 0.552. The minimum absolute atomic E-state index is 0.0346. The zero-order valence-electron chi connectivity index (χ0n) is 22.5. The number of nitrogens with zero attached hydrogens (tertiary/aromatic N) is 4. The first-order chi connectivity index (χ1) is 18.4. The van der Waals surface area contributed by atoms with Gasteiger partial charge in [0.05, 0.1) is 16.6 Å². The second kappa shape index (κ2) is 10.8. The van der Waals surface area contributed by atoms with Gasteiger partial charge in [0.2, 0.25) is 11.8 Å². The van der Waals surface area contributed by atoms with Gasteiger partial charge >= 0.3 is 0 Å². The Labute approximate surface area is 229 Å². The Balaban J connectivity index is 1.53. The number of unbranched alkanes of at least 4 members (excludes halogenated alkanes) is 1. The summed E-state index contributed by atoms with van der Waals surface area (Å²) in [6.45, 7) is 7.40. The minimum Gasteiger partial charge on any atom is -0.396 e. The summed E-state index contributed by atoms with van der Waals surface area (Å²) in [6.07, 6.45) is 9.26. The van der Waals surface area contributed by atoms with Crippen molar-refractivity contribution in [1.29, 1.82) is 0 Å². The van der Waals surface area contributed by atoms with Crippen LogP contribution in [-0.4, -0.2) is 95.0 Å². The van der Waals surface area contributed by atoms with E-state index >= 15 is 0 Å². The maximum Gasteiger partial charge on any atom is 0.251 e. The van der Waals surface area contributed by atoms with Crippen LogP contribution in [0.5, 0.6) is 0 Å².